The van der Waals surface area contributed by atoms with Crippen molar-refractivity contribution in [1.82, 2.24) is 14.5 Å². The number of halogens is 2. The highest BCUT2D eigenvalue weighted by Gasteiger charge is 2.14. The molecular formula is C19H12ClFN4O. The van der Waals surface area contributed by atoms with Crippen LogP contribution in [0.1, 0.15) is 0 Å². The van der Waals surface area contributed by atoms with Crippen LogP contribution in [0.15, 0.2) is 71.8 Å². The van der Waals surface area contributed by atoms with Crippen LogP contribution < -0.4 is 10.9 Å². The van der Waals surface area contributed by atoms with Gasteiger partial charge in [-0.25, -0.2) is 13.9 Å². The van der Waals surface area contributed by atoms with Crippen molar-refractivity contribution in [2.75, 3.05) is 5.32 Å². The van der Waals surface area contributed by atoms with Crippen LogP contribution in [0, 0.1) is 5.82 Å². The summed E-state index contributed by atoms with van der Waals surface area (Å²) < 4.78 is 15.0. The molecule has 128 valence electrons. The maximum absolute atomic E-state index is 13.6. The van der Waals surface area contributed by atoms with Gasteiger partial charge in [0, 0.05) is 11.9 Å². The van der Waals surface area contributed by atoms with Gasteiger partial charge >= 0.3 is 0 Å². The second-order valence-corrected chi connectivity index (χ2v) is 6.03. The van der Waals surface area contributed by atoms with Crippen LogP contribution in [-0.2, 0) is 0 Å². The molecule has 0 aliphatic rings. The SMILES string of the molecule is O=c1c2cc(F)ccc2nc(Nc2ccccc2)n1-c1cncc(Cl)c1. The molecule has 0 saturated carbocycles. The maximum Gasteiger partial charge on any atom is 0.267 e. The van der Waals surface area contributed by atoms with E-state index >= 15 is 0 Å². The Morgan fingerprint density at radius 1 is 1.04 bits per heavy atom. The van der Waals surface area contributed by atoms with E-state index in [1.807, 2.05) is 30.3 Å². The van der Waals surface area contributed by atoms with Gasteiger partial charge in [0.15, 0.2) is 0 Å². The van der Waals surface area contributed by atoms with Gasteiger partial charge in [0.25, 0.3) is 5.56 Å². The first-order chi connectivity index (χ1) is 12.6. The van der Waals surface area contributed by atoms with Crippen LogP contribution in [0.3, 0.4) is 0 Å². The third-order valence-electron chi connectivity index (χ3n) is 3.81. The molecule has 0 bridgehead atoms. The first-order valence-electron chi connectivity index (χ1n) is 7.77. The summed E-state index contributed by atoms with van der Waals surface area (Å²) in [4.78, 5) is 21.6. The highest BCUT2D eigenvalue weighted by atomic mass is 35.5. The lowest BCUT2D eigenvalue weighted by Gasteiger charge is -2.15. The quantitative estimate of drug-likeness (QED) is 0.586. The zero-order chi connectivity index (χ0) is 18.1. The number of rotatable bonds is 3. The minimum Gasteiger partial charge on any atom is -0.325 e. The van der Waals surface area contributed by atoms with Crippen molar-refractivity contribution in [2.45, 2.75) is 0 Å². The predicted molar refractivity (Wildman–Crippen MR) is 99.8 cm³/mol. The lowest BCUT2D eigenvalue weighted by molar-refractivity contribution is 0.629. The Labute approximate surface area is 152 Å². The largest absolute Gasteiger partial charge is 0.325 e. The van der Waals surface area contributed by atoms with Gasteiger partial charge in [-0.1, -0.05) is 29.8 Å². The Kier molecular flexibility index (Phi) is 4.10. The summed E-state index contributed by atoms with van der Waals surface area (Å²) in [7, 11) is 0. The molecule has 2 aromatic heterocycles. The van der Waals surface area contributed by atoms with Gasteiger partial charge in [0.2, 0.25) is 5.95 Å². The summed E-state index contributed by atoms with van der Waals surface area (Å²) in [5.74, 6) is -0.222. The fourth-order valence-electron chi connectivity index (χ4n) is 2.65. The lowest BCUT2D eigenvalue weighted by atomic mass is 10.2. The molecule has 2 heterocycles. The topological polar surface area (TPSA) is 59.8 Å². The van der Waals surface area contributed by atoms with Gasteiger partial charge in [-0.2, -0.15) is 0 Å². The van der Waals surface area contributed by atoms with Crippen LogP contribution in [0.25, 0.3) is 16.6 Å². The molecule has 0 saturated heterocycles. The molecule has 1 N–H and O–H groups in total. The number of nitrogens with one attached hydrogen (secondary N) is 1. The molecule has 0 atom stereocenters. The Morgan fingerprint density at radius 3 is 2.62 bits per heavy atom. The number of fused-ring (bicyclic) bond motifs is 1. The van der Waals surface area contributed by atoms with Crippen molar-refractivity contribution in [3.8, 4) is 5.69 Å². The number of anilines is 2. The van der Waals surface area contributed by atoms with E-state index in [1.165, 1.54) is 35.2 Å². The molecule has 0 radical (unpaired) electrons. The fourth-order valence-corrected chi connectivity index (χ4v) is 2.82. The molecular weight excluding hydrogens is 355 g/mol. The van der Waals surface area contributed by atoms with Gasteiger partial charge in [0.05, 0.1) is 27.8 Å². The van der Waals surface area contributed by atoms with Crippen molar-refractivity contribution in [2.24, 2.45) is 0 Å². The first kappa shape index (κ1) is 16.2. The van der Waals surface area contributed by atoms with Gasteiger partial charge in [-0.05, 0) is 36.4 Å². The van der Waals surface area contributed by atoms with E-state index in [2.05, 4.69) is 15.3 Å². The highest BCUT2D eigenvalue weighted by Crippen LogP contribution is 2.21. The van der Waals surface area contributed by atoms with Gasteiger partial charge in [-0.15, -0.1) is 0 Å². The van der Waals surface area contributed by atoms with E-state index < -0.39 is 11.4 Å². The molecule has 0 aliphatic carbocycles. The molecule has 4 aromatic rings. The van der Waals surface area contributed by atoms with Crippen molar-refractivity contribution in [3.63, 3.8) is 0 Å². The highest BCUT2D eigenvalue weighted by molar-refractivity contribution is 6.30. The minimum atomic E-state index is -0.504. The fraction of sp³-hybridized carbons (Fsp3) is 0. The van der Waals surface area contributed by atoms with Crippen molar-refractivity contribution >= 4 is 34.1 Å². The predicted octanol–water partition coefficient (Wildman–Crippen LogP) is 4.32. The van der Waals surface area contributed by atoms with Gasteiger partial charge < -0.3 is 5.32 Å². The second kappa shape index (κ2) is 6.57. The number of hydrogen-bond acceptors (Lipinski definition) is 4. The van der Waals surface area contributed by atoms with Crippen molar-refractivity contribution in [1.29, 1.82) is 0 Å². The molecule has 0 amide bonds. The van der Waals surface area contributed by atoms with E-state index in [4.69, 9.17) is 11.6 Å². The molecule has 0 unspecified atom stereocenters. The van der Waals surface area contributed by atoms with E-state index in [9.17, 15) is 9.18 Å². The summed E-state index contributed by atoms with van der Waals surface area (Å²) >= 11 is 6.02. The van der Waals surface area contributed by atoms with Crippen LogP contribution in [0.4, 0.5) is 16.0 Å². The first-order valence-corrected chi connectivity index (χ1v) is 8.15. The summed E-state index contributed by atoms with van der Waals surface area (Å²) in [5, 5.41) is 3.67. The summed E-state index contributed by atoms with van der Waals surface area (Å²) in [5.41, 5.74) is 1.15. The van der Waals surface area contributed by atoms with Gasteiger partial charge in [0.1, 0.15) is 5.82 Å². The summed E-state index contributed by atoms with van der Waals surface area (Å²) in [6, 6.07) is 14.8. The van der Waals surface area contributed by atoms with Crippen molar-refractivity contribution in [3.05, 3.63) is 88.2 Å². The number of hydrogen-bond donors (Lipinski definition) is 1. The number of benzene rings is 2. The Balaban J connectivity index is 2.00. The molecule has 4 rings (SSSR count). The third kappa shape index (κ3) is 3.02. The smallest absolute Gasteiger partial charge is 0.267 e. The monoisotopic (exact) mass is 366 g/mol. The van der Waals surface area contributed by atoms with E-state index in [1.54, 1.807) is 6.07 Å². The average Bonchev–Trinajstić information content (AvgIpc) is 2.63. The standard InChI is InChI=1S/C19H12ClFN4O/c20-12-8-15(11-22-10-12)25-18(26)16-9-13(21)6-7-17(16)24-19(25)23-14-4-2-1-3-5-14/h1-11H,(H,23,24). The molecule has 26 heavy (non-hydrogen) atoms. The molecule has 0 spiro atoms. The minimum absolute atomic E-state index is 0.170. The Bertz CT molecular complexity index is 1160. The van der Waals surface area contributed by atoms with E-state index in [0.717, 1.165) is 5.69 Å². The average molecular weight is 367 g/mol. The van der Waals surface area contributed by atoms with Crippen LogP contribution in [0.5, 0.6) is 0 Å². The van der Waals surface area contributed by atoms with E-state index in [0.29, 0.717) is 16.2 Å². The van der Waals surface area contributed by atoms with Crippen molar-refractivity contribution < 1.29 is 4.39 Å². The number of aromatic nitrogens is 3. The summed E-state index contributed by atoms with van der Waals surface area (Å²) in [6.45, 7) is 0. The third-order valence-corrected chi connectivity index (χ3v) is 4.02. The zero-order valence-corrected chi connectivity index (χ0v) is 14.1. The summed E-state index contributed by atoms with van der Waals surface area (Å²) in [6.07, 6.45) is 2.96. The second-order valence-electron chi connectivity index (χ2n) is 5.59. The van der Waals surface area contributed by atoms with Crippen LogP contribution in [-0.4, -0.2) is 14.5 Å². The molecule has 0 aliphatic heterocycles. The number of nitrogens with zero attached hydrogens (tertiary/aromatic N) is 3. The molecule has 7 heteroatoms. The Morgan fingerprint density at radius 2 is 1.85 bits per heavy atom. The normalized spacial score (nSPS) is 10.8. The molecule has 5 nitrogen and oxygen atoms in total. The lowest BCUT2D eigenvalue weighted by Crippen LogP contribution is -2.23. The van der Waals surface area contributed by atoms with Crippen LogP contribution >= 0.6 is 11.6 Å². The molecule has 0 fully saturated rings. The van der Waals surface area contributed by atoms with Gasteiger partial charge in [-0.3, -0.25) is 9.78 Å². The number of para-hydroxylation sites is 1. The number of pyridine rings is 1. The van der Waals surface area contributed by atoms with E-state index in [-0.39, 0.29) is 11.3 Å². The Hall–Kier alpha value is -3.25. The zero-order valence-electron chi connectivity index (χ0n) is 13.4. The maximum atomic E-state index is 13.6. The molecule has 2 aromatic carbocycles. The van der Waals surface area contributed by atoms with Crippen LogP contribution in [0.2, 0.25) is 5.02 Å².